The van der Waals surface area contributed by atoms with Crippen LogP contribution in [-0.2, 0) is 16.1 Å². The highest BCUT2D eigenvalue weighted by Gasteiger charge is 2.17. The minimum absolute atomic E-state index is 0.400. The van der Waals surface area contributed by atoms with Crippen LogP contribution in [0.1, 0.15) is 25.3 Å². The fourth-order valence-electron chi connectivity index (χ4n) is 2.73. The first-order valence-electron chi connectivity index (χ1n) is 7.90. The van der Waals surface area contributed by atoms with Gasteiger partial charge in [-0.1, -0.05) is 17.7 Å². The van der Waals surface area contributed by atoms with E-state index in [1.165, 1.54) is 6.92 Å². The van der Waals surface area contributed by atoms with Crippen molar-refractivity contribution in [3.63, 3.8) is 0 Å². The Labute approximate surface area is 142 Å². The van der Waals surface area contributed by atoms with Crippen molar-refractivity contribution in [1.82, 2.24) is 4.90 Å². The van der Waals surface area contributed by atoms with Gasteiger partial charge in [0.25, 0.3) is 0 Å². The molecule has 1 heterocycles. The van der Waals surface area contributed by atoms with Gasteiger partial charge in [0.15, 0.2) is 6.10 Å². The van der Waals surface area contributed by atoms with Gasteiger partial charge in [-0.05, 0) is 50.4 Å². The van der Waals surface area contributed by atoms with Crippen molar-refractivity contribution in [2.24, 2.45) is 5.92 Å². The number of nitrogens with zero attached hydrogens (tertiary/aromatic N) is 1. The van der Waals surface area contributed by atoms with Crippen LogP contribution in [0.3, 0.4) is 0 Å². The molecule has 1 aromatic rings. The minimum Gasteiger partial charge on any atom is -0.479 e. The third-order valence-electron chi connectivity index (χ3n) is 4.01. The zero-order valence-corrected chi connectivity index (χ0v) is 14.4. The number of hydrogen-bond donors (Lipinski definition) is 1. The minimum atomic E-state index is -1.01. The largest absolute Gasteiger partial charge is 0.479 e. The molecule has 128 valence electrons. The second kappa shape index (κ2) is 8.52. The van der Waals surface area contributed by atoms with Crippen molar-refractivity contribution in [2.75, 3.05) is 26.8 Å². The molecule has 6 heteroatoms. The van der Waals surface area contributed by atoms with Gasteiger partial charge in [0.1, 0.15) is 5.75 Å². The zero-order chi connectivity index (χ0) is 16.8. The monoisotopic (exact) mass is 341 g/mol. The van der Waals surface area contributed by atoms with E-state index in [4.69, 9.17) is 26.2 Å². The molecule has 0 saturated carbocycles. The Bertz CT molecular complexity index is 531. The second-order valence-electron chi connectivity index (χ2n) is 6.12. The van der Waals surface area contributed by atoms with Gasteiger partial charge in [0.2, 0.25) is 0 Å². The van der Waals surface area contributed by atoms with Crippen LogP contribution in [0.5, 0.6) is 5.75 Å². The molecular weight excluding hydrogens is 318 g/mol. The Balaban J connectivity index is 1.90. The Morgan fingerprint density at radius 3 is 2.78 bits per heavy atom. The van der Waals surface area contributed by atoms with Gasteiger partial charge < -0.3 is 19.5 Å². The molecule has 0 spiro atoms. The molecule has 0 bridgehead atoms. The number of carboxylic acid groups (broad SMARTS) is 1. The van der Waals surface area contributed by atoms with Crippen LogP contribution in [0.25, 0.3) is 0 Å². The van der Waals surface area contributed by atoms with Gasteiger partial charge in [-0.15, -0.1) is 0 Å². The number of halogens is 1. The van der Waals surface area contributed by atoms with E-state index in [1.54, 1.807) is 6.07 Å². The molecule has 1 aromatic carbocycles. The lowest BCUT2D eigenvalue weighted by Gasteiger charge is -2.27. The molecule has 1 atom stereocenters. The first-order chi connectivity index (χ1) is 11.0. The summed E-state index contributed by atoms with van der Waals surface area (Å²) in [5, 5.41) is 9.32. The van der Waals surface area contributed by atoms with Gasteiger partial charge in [0, 0.05) is 26.3 Å². The van der Waals surface area contributed by atoms with E-state index in [2.05, 4.69) is 11.9 Å². The smallest absolute Gasteiger partial charge is 0.344 e. The van der Waals surface area contributed by atoms with Crippen molar-refractivity contribution >= 4 is 17.6 Å². The average molecular weight is 342 g/mol. The predicted molar refractivity (Wildman–Crippen MR) is 89.1 cm³/mol. The normalized spacial score (nSPS) is 17.2. The van der Waals surface area contributed by atoms with Gasteiger partial charge in [0.05, 0.1) is 5.02 Å². The summed E-state index contributed by atoms with van der Waals surface area (Å²) in [4.78, 5) is 13.1. The standard InChI is InChI=1S/C17H24ClNO4/c1-12(17(20)21)23-16-4-3-14(9-15(16)18)11-19(2)10-13-5-7-22-8-6-13/h3-4,9,12-13H,5-8,10-11H2,1-2H3,(H,20,21). The number of carboxylic acids is 1. The van der Waals surface area contributed by atoms with E-state index in [-0.39, 0.29) is 0 Å². The third kappa shape index (κ3) is 5.68. The number of carbonyl (C=O) groups is 1. The average Bonchev–Trinajstić information content (AvgIpc) is 2.50. The van der Waals surface area contributed by atoms with E-state index in [0.29, 0.717) is 16.7 Å². The van der Waals surface area contributed by atoms with E-state index < -0.39 is 12.1 Å². The zero-order valence-electron chi connectivity index (χ0n) is 13.6. The summed E-state index contributed by atoms with van der Waals surface area (Å²) in [5.74, 6) is 0.0713. The summed E-state index contributed by atoms with van der Waals surface area (Å²) >= 11 is 6.20. The van der Waals surface area contributed by atoms with Crippen LogP contribution in [0, 0.1) is 5.92 Å². The van der Waals surface area contributed by atoms with Crippen molar-refractivity contribution in [3.05, 3.63) is 28.8 Å². The SMILES string of the molecule is CC(Oc1ccc(CN(C)CC2CCOCC2)cc1Cl)C(=O)O. The molecule has 1 saturated heterocycles. The summed E-state index contributed by atoms with van der Waals surface area (Å²) in [6.07, 6.45) is 1.31. The predicted octanol–water partition coefficient (Wildman–Crippen LogP) is 3.05. The van der Waals surface area contributed by atoms with Gasteiger partial charge >= 0.3 is 5.97 Å². The van der Waals surface area contributed by atoms with E-state index in [1.807, 2.05) is 12.1 Å². The first-order valence-corrected chi connectivity index (χ1v) is 8.27. The molecule has 0 aliphatic carbocycles. The van der Waals surface area contributed by atoms with Crippen LogP contribution in [-0.4, -0.2) is 48.9 Å². The van der Waals surface area contributed by atoms with E-state index >= 15 is 0 Å². The molecule has 0 radical (unpaired) electrons. The Hall–Kier alpha value is -1.30. The van der Waals surface area contributed by atoms with E-state index in [0.717, 1.165) is 44.7 Å². The lowest BCUT2D eigenvalue weighted by molar-refractivity contribution is -0.144. The molecule has 1 unspecified atom stereocenters. The Kier molecular flexibility index (Phi) is 6.69. The third-order valence-corrected chi connectivity index (χ3v) is 4.31. The van der Waals surface area contributed by atoms with Crippen LogP contribution >= 0.6 is 11.6 Å². The van der Waals surface area contributed by atoms with Crippen LogP contribution in [0.2, 0.25) is 5.02 Å². The topological polar surface area (TPSA) is 59.0 Å². The first kappa shape index (κ1) is 18.0. The summed E-state index contributed by atoms with van der Waals surface area (Å²) < 4.78 is 10.7. The number of aliphatic carboxylic acids is 1. The molecule has 0 aromatic heterocycles. The maximum Gasteiger partial charge on any atom is 0.344 e. The highest BCUT2D eigenvalue weighted by molar-refractivity contribution is 6.32. The summed E-state index contributed by atoms with van der Waals surface area (Å²) in [6.45, 7) is 5.03. The highest BCUT2D eigenvalue weighted by atomic mass is 35.5. The van der Waals surface area contributed by atoms with Crippen molar-refractivity contribution in [3.8, 4) is 5.75 Å². The Morgan fingerprint density at radius 2 is 2.17 bits per heavy atom. The van der Waals surface area contributed by atoms with Crippen LogP contribution in [0.4, 0.5) is 0 Å². The second-order valence-corrected chi connectivity index (χ2v) is 6.52. The van der Waals surface area contributed by atoms with Crippen molar-refractivity contribution < 1.29 is 19.4 Å². The molecule has 1 fully saturated rings. The number of rotatable bonds is 7. The molecule has 5 nitrogen and oxygen atoms in total. The molecule has 0 amide bonds. The lowest BCUT2D eigenvalue weighted by Crippen LogP contribution is -2.29. The quantitative estimate of drug-likeness (QED) is 0.826. The maximum absolute atomic E-state index is 10.8. The summed E-state index contributed by atoms with van der Waals surface area (Å²) in [5.41, 5.74) is 1.08. The molecule has 23 heavy (non-hydrogen) atoms. The summed E-state index contributed by atoms with van der Waals surface area (Å²) in [6, 6.07) is 5.50. The molecule has 1 N–H and O–H groups in total. The molecule has 1 aliphatic heterocycles. The highest BCUT2D eigenvalue weighted by Crippen LogP contribution is 2.27. The Morgan fingerprint density at radius 1 is 1.48 bits per heavy atom. The van der Waals surface area contributed by atoms with Gasteiger partial charge in [-0.3, -0.25) is 0 Å². The summed E-state index contributed by atoms with van der Waals surface area (Å²) in [7, 11) is 2.10. The molecular formula is C17H24ClNO4. The fraction of sp³-hybridized carbons (Fsp3) is 0.588. The van der Waals surface area contributed by atoms with Gasteiger partial charge in [-0.25, -0.2) is 4.79 Å². The molecule has 1 aliphatic rings. The van der Waals surface area contributed by atoms with Crippen molar-refractivity contribution in [1.29, 1.82) is 0 Å². The van der Waals surface area contributed by atoms with E-state index in [9.17, 15) is 4.79 Å². The van der Waals surface area contributed by atoms with Crippen LogP contribution < -0.4 is 4.74 Å². The number of benzene rings is 1. The van der Waals surface area contributed by atoms with Crippen LogP contribution in [0.15, 0.2) is 18.2 Å². The van der Waals surface area contributed by atoms with Gasteiger partial charge in [-0.2, -0.15) is 0 Å². The molecule has 2 rings (SSSR count). The fourth-order valence-corrected chi connectivity index (χ4v) is 2.97. The van der Waals surface area contributed by atoms with Crippen molar-refractivity contribution in [2.45, 2.75) is 32.4 Å². The number of ether oxygens (including phenoxy) is 2. The lowest BCUT2D eigenvalue weighted by atomic mass is 10.00. The number of hydrogen-bond acceptors (Lipinski definition) is 4. The maximum atomic E-state index is 10.8.